The number of carbonyl (C=O) groups is 2. The minimum atomic E-state index is -4.50. The molecule has 0 bridgehead atoms. The number of nitrogens with one attached hydrogen (secondary N) is 2. The average molecular weight is 413 g/mol. The topological polar surface area (TPSA) is 84.2 Å². The zero-order valence-electron chi connectivity index (χ0n) is 15.9. The molecule has 0 radical (unpaired) electrons. The van der Waals surface area contributed by atoms with Gasteiger partial charge < -0.3 is 16.4 Å². The third-order valence-corrected chi connectivity index (χ3v) is 4.37. The number of halogens is 3. The largest absolute Gasteiger partial charge is 0.416 e. The average Bonchev–Trinajstić information content (AvgIpc) is 2.69. The number of carbonyl (C=O) groups excluding carboxylic acids is 2. The fourth-order valence-electron chi connectivity index (χ4n) is 2.78. The molecule has 0 aliphatic rings. The summed E-state index contributed by atoms with van der Waals surface area (Å²) in [6.07, 6.45) is -4.50. The molecule has 0 saturated carbocycles. The molecule has 0 aromatic heterocycles. The van der Waals surface area contributed by atoms with E-state index in [9.17, 15) is 22.8 Å². The molecular formula is C22H18F3N3O2. The van der Waals surface area contributed by atoms with Gasteiger partial charge in [-0.1, -0.05) is 18.2 Å². The van der Waals surface area contributed by atoms with Crippen molar-refractivity contribution >= 4 is 28.9 Å². The molecule has 3 aromatic rings. The normalized spacial score (nSPS) is 11.1. The van der Waals surface area contributed by atoms with Gasteiger partial charge in [0, 0.05) is 28.2 Å². The van der Waals surface area contributed by atoms with Gasteiger partial charge in [-0.25, -0.2) is 0 Å². The Labute approximate surface area is 170 Å². The third-order valence-electron chi connectivity index (χ3n) is 4.37. The maximum atomic E-state index is 12.9. The quantitative estimate of drug-likeness (QED) is 0.544. The number of aryl methyl sites for hydroxylation is 1. The van der Waals surface area contributed by atoms with Crippen LogP contribution in [-0.2, 0) is 6.18 Å². The summed E-state index contributed by atoms with van der Waals surface area (Å²) < 4.78 is 38.6. The number of nitrogens with two attached hydrogens (primary N) is 1. The summed E-state index contributed by atoms with van der Waals surface area (Å²) in [7, 11) is 0. The van der Waals surface area contributed by atoms with Crippen molar-refractivity contribution in [3.63, 3.8) is 0 Å². The molecule has 0 saturated heterocycles. The van der Waals surface area contributed by atoms with E-state index in [0.717, 1.165) is 17.7 Å². The molecule has 0 fully saturated rings. The Hall–Kier alpha value is -3.81. The number of rotatable bonds is 5. The van der Waals surface area contributed by atoms with Crippen molar-refractivity contribution in [1.29, 1.82) is 0 Å². The molecule has 0 spiro atoms. The monoisotopic (exact) mass is 413 g/mol. The van der Waals surface area contributed by atoms with Gasteiger partial charge >= 0.3 is 6.18 Å². The first-order valence-corrected chi connectivity index (χ1v) is 8.89. The molecule has 3 aromatic carbocycles. The van der Waals surface area contributed by atoms with Crippen LogP contribution >= 0.6 is 0 Å². The van der Waals surface area contributed by atoms with Crippen LogP contribution in [0.5, 0.6) is 0 Å². The van der Waals surface area contributed by atoms with Crippen LogP contribution in [0.2, 0.25) is 0 Å². The van der Waals surface area contributed by atoms with Crippen molar-refractivity contribution in [1.82, 2.24) is 0 Å². The van der Waals surface area contributed by atoms with Gasteiger partial charge in [0.25, 0.3) is 5.91 Å². The molecule has 0 unspecified atom stereocenters. The predicted octanol–water partition coefficient (Wildman–Crippen LogP) is 5.11. The lowest BCUT2D eigenvalue weighted by Crippen LogP contribution is -2.13. The summed E-state index contributed by atoms with van der Waals surface area (Å²) in [6, 6.07) is 15.9. The Kier molecular flexibility index (Phi) is 5.77. The number of amides is 2. The van der Waals surface area contributed by atoms with E-state index < -0.39 is 23.6 Å². The summed E-state index contributed by atoms with van der Waals surface area (Å²) >= 11 is 0. The molecule has 0 heterocycles. The molecule has 3 rings (SSSR count). The number of hydrogen-bond acceptors (Lipinski definition) is 3. The summed E-state index contributed by atoms with van der Waals surface area (Å²) in [6.45, 7) is 1.83. The zero-order valence-corrected chi connectivity index (χ0v) is 15.9. The number of benzene rings is 3. The van der Waals surface area contributed by atoms with Crippen LogP contribution in [0.1, 0.15) is 31.8 Å². The van der Waals surface area contributed by atoms with Crippen LogP contribution in [0.15, 0.2) is 66.7 Å². The van der Waals surface area contributed by atoms with Crippen molar-refractivity contribution < 1.29 is 22.8 Å². The van der Waals surface area contributed by atoms with Gasteiger partial charge in [0.15, 0.2) is 0 Å². The number of anilines is 3. The SMILES string of the molecule is Cc1ccc(C(=O)Nc2cccc(C(F)(F)F)c2)cc1Nc1cccc(C(N)=O)c1. The Morgan fingerprint density at radius 1 is 0.867 bits per heavy atom. The third kappa shape index (κ3) is 4.96. The van der Waals surface area contributed by atoms with Crippen LogP contribution in [0, 0.1) is 6.92 Å². The van der Waals surface area contributed by atoms with E-state index in [1.54, 1.807) is 42.5 Å². The molecule has 4 N–H and O–H groups in total. The van der Waals surface area contributed by atoms with E-state index >= 15 is 0 Å². The van der Waals surface area contributed by atoms with E-state index in [2.05, 4.69) is 10.6 Å². The minimum Gasteiger partial charge on any atom is -0.366 e. The maximum Gasteiger partial charge on any atom is 0.416 e. The van der Waals surface area contributed by atoms with Crippen LogP contribution in [0.25, 0.3) is 0 Å². The van der Waals surface area contributed by atoms with Crippen LogP contribution < -0.4 is 16.4 Å². The summed E-state index contributed by atoms with van der Waals surface area (Å²) in [4.78, 5) is 23.9. The molecule has 5 nitrogen and oxygen atoms in total. The van der Waals surface area contributed by atoms with Gasteiger partial charge in [-0.3, -0.25) is 9.59 Å². The van der Waals surface area contributed by atoms with Gasteiger partial charge in [-0.2, -0.15) is 13.2 Å². The zero-order chi connectivity index (χ0) is 21.9. The second-order valence-electron chi connectivity index (χ2n) is 6.63. The second kappa shape index (κ2) is 8.28. The Morgan fingerprint density at radius 2 is 1.57 bits per heavy atom. The van der Waals surface area contributed by atoms with E-state index in [1.807, 2.05) is 6.92 Å². The van der Waals surface area contributed by atoms with E-state index in [0.29, 0.717) is 16.9 Å². The van der Waals surface area contributed by atoms with Crippen molar-refractivity contribution in [3.05, 3.63) is 89.0 Å². The van der Waals surface area contributed by atoms with E-state index in [1.165, 1.54) is 12.1 Å². The van der Waals surface area contributed by atoms with Crippen molar-refractivity contribution in [3.8, 4) is 0 Å². The lowest BCUT2D eigenvalue weighted by molar-refractivity contribution is -0.137. The van der Waals surface area contributed by atoms with Crippen LogP contribution in [0.3, 0.4) is 0 Å². The van der Waals surface area contributed by atoms with Gasteiger partial charge in [-0.15, -0.1) is 0 Å². The fraction of sp³-hybridized carbons (Fsp3) is 0.0909. The summed E-state index contributed by atoms with van der Waals surface area (Å²) in [5.74, 6) is -1.12. The Morgan fingerprint density at radius 3 is 2.27 bits per heavy atom. The summed E-state index contributed by atoms with van der Waals surface area (Å²) in [5, 5.41) is 5.60. The first kappa shape index (κ1) is 20.9. The second-order valence-corrected chi connectivity index (χ2v) is 6.63. The van der Waals surface area contributed by atoms with Gasteiger partial charge in [0.1, 0.15) is 0 Å². The Bertz CT molecular complexity index is 1110. The van der Waals surface area contributed by atoms with Gasteiger partial charge in [0.2, 0.25) is 5.91 Å². The van der Waals surface area contributed by atoms with Gasteiger partial charge in [0.05, 0.1) is 5.56 Å². The summed E-state index contributed by atoms with van der Waals surface area (Å²) in [5.41, 5.74) is 7.11. The minimum absolute atomic E-state index is 0.0408. The van der Waals surface area contributed by atoms with Crippen molar-refractivity contribution in [2.45, 2.75) is 13.1 Å². The van der Waals surface area contributed by atoms with Gasteiger partial charge in [-0.05, 0) is 61.0 Å². The molecule has 0 atom stereocenters. The fourth-order valence-corrected chi connectivity index (χ4v) is 2.78. The first-order chi connectivity index (χ1) is 14.1. The standard InChI is InChI=1S/C22H18F3N3O2/c1-13-8-9-15(11-19(13)27-17-6-2-4-14(10-17)20(26)29)21(30)28-18-7-3-5-16(12-18)22(23,24)25/h2-12,27H,1H3,(H2,26,29)(H,28,30). The highest BCUT2D eigenvalue weighted by molar-refractivity contribution is 6.05. The van der Waals surface area contributed by atoms with Crippen LogP contribution in [0.4, 0.5) is 30.2 Å². The number of hydrogen-bond donors (Lipinski definition) is 3. The highest BCUT2D eigenvalue weighted by Crippen LogP contribution is 2.31. The number of alkyl halides is 3. The maximum absolute atomic E-state index is 12.9. The predicted molar refractivity (Wildman–Crippen MR) is 109 cm³/mol. The molecule has 0 aliphatic carbocycles. The molecular weight excluding hydrogens is 395 g/mol. The lowest BCUT2D eigenvalue weighted by Gasteiger charge is -2.13. The molecule has 30 heavy (non-hydrogen) atoms. The van der Waals surface area contributed by atoms with E-state index in [-0.39, 0.29) is 11.3 Å². The number of primary amides is 1. The highest BCUT2D eigenvalue weighted by atomic mass is 19.4. The molecule has 0 aliphatic heterocycles. The van der Waals surface area contributed by atoms with Crippen molar-refractivity contribution in [2.24, 2.45) is 5.73 Å². The van der Waals surface area contributed by atoms with E-state index in [4.69, 9.17) is 5.73 Å². The van der Waals surface area contributed by atoms with Crippen molar-refractivity contribution in [2.75, 3.05) is 10.6 Å². The smallest absolute Gasteiger partial charge is 0.366 e. The van der Waals surface area contributed by atoms with Crippen LogP contribution in [-0.4, -0.2) is 11.8 Å². The lowest BCUT2D eigenvalue weighted by atomic mass is 10.1. The molecule has 154 valence electrons. The molecule has 2 amide bonds. The highest BCUT2D eigenvalue weighted by Gasteiger charge is 2.30. The molecule has 8 heteroatoms. The Balaban J connectivity index is 1.82. The first-order valence-electron chi connectivity index (χ1n) is 8.89.